The number of anilines is 1. The molecule has 0 saturated heterocycles. The van der Waals surface area contributed by atoms with Crippen LogP contribution < -0.4 is 10.6 Å². The van der Waals surface area contributed by atoms with Crippen molar-refractivity contribution in [3.8, 4) is 0 Å². The predicted octanol–water partition coefficient (Wildman–Crippen LogP) is 7.46. The third kappa shape index (κ3) is 7.16. The molecule has 4 saturated carbocycles. The highest BCUT2D eigenvalue weighted by molar-refractivity contribution is 6.08. The number of hydrogen-bond donors (Lipinski definition) is 4. The molecule has 292 valence electrons. The van der Waals surface area contributed by atoms with E-state index in [1.165, 1.54) is 7.11 Å². The van der Waals surface area contributed by atoms with Crippen LogP contribution in [0.2, 0.25) is 0 Å². The number of hydrogen-bond acceptors (Lipinski definition) is 8. The number of rotatable bonds is 12. The molecule has 0 spiro atoms. The van der Waals surface area contributed by atoms with Gasteiger partial charge in [0.05, 0.1) is 54.5 Å². The van der Waals surface area contributed by atoms with Gasteiger partial charge in [0, 0.05) is 24.9 Å². The molecule has 3 aromatic rings. The summed E-state index contributed by atoms with van der Waals surface area (Å²) in [5.74, 6) is 1.33. The molecule has 0 aliphatic heterocycles. The van der Waals surface area contributed by atoms with Gasteiger partial charge in [-0.05, 0) is 116 Å². The average Bonchev–Trinajstić information content (AvgIpc) is 3.53. The van der Waals surface area contributed by atoms with E-state index in [0.717, 1.165) is 73.5 Å². The van der Waals surface area contributed by atoms with Gasteiger partial charge in [0.2, 0.25) is 0 Å². The number of nitrogens with zero attached hydrogens (tertiary/aromatic N) is 1. The van der Waals surface area contributed by atoms with Crippen LogP contribution in [0.3, 0.4) is 0 Å². The van der Waals surface area contributed by atoms with Gasteiger partial charge < -0.3 is 30.3 Å². The van der Waals surface area contributed by atoms with Crippen LogP contribution in [0.5, 0.6) is 0 Å². The monoisotopic (exact) mass is 739 g/mol. The number of esters is 1. The summed E-state index contributed by atoms with van der Waals surface area (Å²) in [6, 6.07) is 18.1. The molecule has 4 aliphatic carbocycles. The molecule has 4 aliphatic rings. The maximum atomic E-state index is 13.7. The van der Waals surface area contributed by atoms with Crippen molar-refractivity contribution in [3.63, 3.8) is 0 Å². The number of methoxy groups -OCH3 is 1. The maximum absolute atomic E-state index is 13.7. The van der Waals surface area contributed by atoms with E-state index in [4.69, 9.17) is 14.5 Å². The molecule has 4 fully saturated rings. The van der Waals surface area contributed by atoms with E-state index in [-0.39, 0.29) is 46.6 Å². The number of carbonyl (C=O) groups excluding carboxylic acids is 2. The van der Waals surface area contributed by atoms with E-state index in [1.807, 2.05) is 49.4 Å². The first-order chi connectivity index (χ1) is 25.9. The van der Waals surface area contributed by atoms with Gasteiger partial charge in [-0.3, -0.25) is 14.6 Å². The fraction of sp³-hybridized carbons (Fsp3) is 0.622. The Balaban J connectivity index is 0.962. The molecule has 54 heavy (non-hydrogen) atoms. The first kappa shape index (κ1) is 38.7. The molecule has 7 rings (SSSR count). The quantitative estimate of drug-likeness (QED) is 0.111. The summed E-state index contributed by atoms with van der Waals surface area (Å²) in [6.45, 7) is 10.2. The van der Waals surface area contributed by atoms with Crippen molar-refractivity contribution in [3.05, 3.63) is 71.4 Å². The van der Waals surface area contributed by atoms with Crippen LogP contribution >= 0.6 is 0 Å². The Morgan fingerprint density at radius 1 is 0.981 bits per heavy atom. The van der Waals surface area contributed by atoms with Gasteiger partial charge in [-0.1, -0.05) is 69.3 Å². The van der Waals surface area contributed by atoms with Gasteiger partial charge in [-0.15, -0.1) is 0 Å². The van der Waals surface area contributed by atoms with Gasteiger partial charge in [0.25, 0.3) is 5.91 Å². The minimum atomic E-state index is -0.423. The molecule has 0 bridgehead atoms. The Morgan fingerprint density at radius 2 is 1.74 bits per heavy atom. The van der Waals surface area contributed by atoms with Crippen LogP contribution in [-0.2, 0) is 20.8 Å². The maximum Gasteiger partial charge on any atom is 0.305 e. The zero-order chi connectivity index (χ0) is 38.2. The molecule has 9 heteroatoms. The van der Waals surface area contributed by atoms with Crippen LogP contribution in [0, 0.1) is 53.3 Å². The lowest BCUT2D eigenvalue weighted by Crippen LogP contribution is -2.62. The Labute approximate surface area is 321 Å². The van der Waals surface area contributed by atoms with Crippen molar-refractivity contribution in [1.29, 1.82) is 0 Å². The largest absolute Gasteiger partial charge is 0.469 e. The molecule has 2 aromatic carbocycles. The van der Waals surface area contributed by atoms with E-state index >= 15 is 0 Å². The summed E-state index contributed by atoms with van der Waals surface area (Å²) in [7, 11) is 1.44. The standard InChI is InChI=1S/C45H61N3O6/c1-27(15-18-39(51)53-5)33-16-17-34-41-35(25-38(50)45(33,34)4)44(3)20-19-31(23-30(44)24-37(41)49)54-22-21-46-43(52)40-28(2)48-36-14-10-9-13-32(36)42(40)47-26-29-11-7-6-8-12-29/h6-14,27,30-31,33-35,37-38,41,49-50H,15-26H2,1-5H3,(H,46,52)(H,47,48). The lowest BCUT2D eigenvalue weighted by Gasteiger charge is -2.63. The number of fused-ring (bicyclic) bond motifs is 6. The topological polar surface area (TPSA) is 130 Å². The summed E-state index contributed by atoms with van der Waals surface area (Å²) < 4.78 is 11.4. The molecule has 0 radical (unpaired) electrons. The number of aryl methyl sites for hydroxylation is 1. The molecule has 11 unspecified atom stereocenters. The van der Waals surface area contributed by atoms with Gasteiger partial charge in [0.15, 0.2) is 0 Å². The van der Waals surface area contributed by atoms with Crippen LogP contribution in [0.4, 0.5) is 5.69 Å². The lowest BCUT2D eigenvalue weighted by atomic mass is 9.43. The molecule has 11 atom stereocenters. The van der Waals surface area contributed by atoms with Crippen LogP contribution in [0.1, 0.15) is 100 Å². The van der Waals surface area contributed by atoms with E-state index in [2.05, 4.69) is 43.5 Å². The molecular weight excluding hydrogens is 679 g/mol. The van der Waals surface area contributed by atoms with E-state index in [1.54, 1.807) is 0 Å². The summed E-state index contributed by atoms with van der Waals surface area (Å²) in [4.78, 5) is 30.4. The van der Waals surface area contributed by atoms with Crippen LogP contribution in [0.15, 0.2) is 54.6 Å². The fourth-order valence-corrected chi connectivity index (χ4v) is 12.0. The zero-order valence-electron chi connectivity index (χ0n) is 32.9. The fourth-order valence-electron chi connectivity index (χ4n) is 12.0. The van der Waals surface area contributed by atoms with Crippen molar-refractivity contribution in [2.24, 2.45) is 46.3 Å². The van der Waals surface area contributed by atoms with Crippen molar-refractivity contribution < 1.29 is 29.3 Å². The highest BCUT2D eigenvalue weighted by atomic mass is 16.5. The predicted molar refractivity (Wildman–Crippen MR) is 211 cm³/mol. The van der Waals surface area contributed by atoms with Crippen molar-refractivity contribution >= 4 is 28.5 Å². The number of amides is 1. The number of carbonyl (C=O) groups is 2. The summed E-state index contributed by atoms with van der Waals surface area (Å²) in [5, 5.41) is 31.4. The molecule has 1 aromatic heterocycles. The molecular formula is C45H61N3O6. The van der Waals surface area contributed by atoms with Gasteiger partial charge in [-0.2, -0.15) is 0 Å². The number of aromatic nitrogens is 1. The lowest BCUT2D eigenvalue weighted by molar-refractivity contribution is -0.209. The van der Waals surface area contributed by atoms with Crippen LogP contribution in [0.25, 0.3) is 10.9 Å². The minimum absolute atomic E-state index is 0.0403. The SMILES string of the molecule is COC(=O)CCC(C)C1CCC2C3C(O)CC4CC(OCCNC(=O)c5c(C)nc6ccccc6c5NCc5ccccc5)CCC4(C)C3CC(O)C12C. The summed E-state index contributed by atoms with van der Waals surface area (Å²) >= 11 is 0. The second kappa shape index (κ2) is 15.9. The first-order valence-electron chi connectivity index (χ1n) is 20.5. The molecule has 1 heterocycles. The average molecular weight is 740 g/mol. The normalized spacial score (nSPS) is 33.6. The highest BCUT2D eigenvalue weighted by Gasteiger charge is 2.65. The second-order valence-electron chi connectivity index (χ2n) is 17.5. The Bertz CT molecular complexity index is 1800. The smallest absolute Gasteiger partial charge is 0.305 e. The minimum Gasteiger partial charge on any atom is -0.469 e. The number of pyridine rings is 1. The van der Waals surface area contributed by atoms with E-state index < -0.39 is 12.2 Å². The number of nitrogens with one attached hydrogen (secondary N) is 2. The second-order valence-corrected chi connectivity index (χ2v) is 17.5. The Kier molecular flexibility index (Phi) is 11.4. The van der Waals surface area contributed by atoms with Gasteiger partial charge >= 0.3 is 5.97 Å². The number of aliphatic hydroxyl groups excluding tert-OH is 2. The van der Waals surface area contributed by atoms with Crippen molar-refractivity contribution in [2.45, 2.75) is 110 Å². The zero-order valence-corrected chi connectivity index (χ0v) is 32.9. The van der Waals surface area contributed by atoms with Crippen LogP contribution in [-0.4, -0.2) is 65.6 Å². The number of aliphatic hydroxyl groups is 2. The number of para-hydroxylation sites is 1. The third-order valence-electron chi connectivity index (χ3n) is 14.9. The molecule has 1 amide bonds. The van der Waals surface area contributed by atoms with E-state index in [0.29, 0.717) is 55.1 Å². The van der Waals surface area contributed by atoms with Gasteiger partial charge in [-0.25, -0.2) is 0 Å². The number of ether oxygens (including phenoxy) is 2. The van der Waals surface area contributed by atoms with Gasteiger partial charge in [0.1, 0.15) is 0 Å². The number of benzene rings is 2. The summed E-state index contributed by atoms with van der Waals surface area (Å²) in [5.41, 5.74) is 3.78. The van der Waals surface area contributed by atoms with E-state index in [9.17, 15) is 19.8 Å². The first-order valence-corrected chi connectivity index (χ1v) is 20.5. The molecule has 4 N–H and O–H groups in total. The Morgan fingerprint density at radius 3 is 2.52 bits per heavy atom. The van der Waals surface area contributed by atoms with Crippen molar-refractivity contribution in [1.82, 2.24) is 10.3 Å². The molecule has 9 nitrogen and oxygen atoms in total. The summed E-state index contributed by atoms with van der Waals surface area (Å²) in [6.07, 6.45) is 6.81. The third-order valence-corrected chi connectivity index (χ3v) is 14.9. The van der Waals surface area contributed by atoms with Crippen molar-refractivity contribution in [2.75, 3.05) is 25.6 Å². The highest BCUT2D eigenvalue weighted by Crippen LogP contribution is 2.68. The Hall–Kier alpha value is -3.53.